The van der Waals surface area contributed by atoms with Gasteiger partial charge in [-0.25, -0.2) is 9.97 Å². The normalized spacial score (nSPS) is 27.5. The molecule has 106 valence electrons. The van der Waals surface area contributed by atoms with E-state index in [2.05, 4.69) is 16.0 Å². The van der Waals surface area contributed by atoms with Crippen molar-refractivity contribution >= 4 is 21.8 Å². The molecule has 0 aromatic carbocycles. The number of aromatic nitrogens is 3. The second-order valence-corrected chi connectivity index (χ2v) is 7.22. The molecule has 2 aromatic rings. The van der Waals surface area contributed by atoms with Gasteiger partial charge in [0.25, 0.3) is 0 Å². The fraction of sp³-hybridized carbons (Fsp3) is 0.429. The van der Waals surface area contributed by atoms with Gasteiger partial charge in [-0.05, 0) is 31.2 Å². The zero-order valence-corrected chi connectivity index (χ0v) is 12.3. The van der Waals surface area contributed by atoms with Gasteiger partial charge in [-0.15, -0.1) is 0 Å². The Morgan fingerprint density at radius 2 is 2.24 bits per heavy atom. The number of rotatable bonds is 2. The van der Waals surface area contributed by atoms with Crippen LogP contribution >= 0.6 is 0 Å². The third-order valence-corrected chi connectivity index (χ3v) is 5.33. The molecule has 0 aliphatic heterocycles. The van der Waals surface area contributed by atoms with E-state index in [-0.39, 0.29) is 16.2 Å². The molecule has 1 N–H and O–H groups in total. The van der Waals surface area contributed by atoms with Crippen molar-refractivity contribution in [3.63, 3.8) is 0 Å². The molecule has 3 aliphatic carbocycles. The molecule has 0 saturated heterocycles. The van der Waals surface area contributed by atoms with Crippen molar-refractivity contribution in [1.29, 1.82) is 10.7 Å². The molecule has 3 fully saturated rings. The minimum Gasteiger partial charge on any atom is -0.303 e. The molecule has 2 heterocycles. The van der Waals surface area contributed by atoms with Crippen LogP contribution in [-0.4, -0.2) is 25.0 Å². The van der Waals surface area contributed by atoms with Gasteiger partial charge in [0.05, 0.1) is 16.4 Å². The molecule has 7 heteroatoms. The van der Waals surface area contributed by atoms with Gasteiger partial charge in [-0.3, -0.25) is 9.62 Å². The van der Waals surface area contributed by atoms with Crippen LogP contribution < -0.4 is 5.49 Å². The summed E-state index contributed by atoms with van der Waals surface area (Å²) in [4.78, 5) is 8.50. The van der Waals surface area contributed by atoms with Gasteiger partial charge in [0, 0.05) is 23.4 Å². The number of fused-ring (bicyclic) bond motifs is 1. The van der Waals surface area contributed by atoms with Crippen molar-refractivity contribution in [1.82, 2.24) is 14.5 Å². The highest BCUT2D eigenvalue weighted by atomic mass is 32.2. The largest absolute Gasteiger partial charge is 0.303 e. The van der Waals surface area contributed by atoms with Crippen LogP contribution in [0.5, 0.6) is 0 Å². The zero-order valence-electron chi connectivity index (χ0n) is 11.5. The summed E-state index contributed by atoms with van der Waals surface area (Å²) in [5, 5.41) is 18.6. The lowest BCUT2D eigenvalue weighted by atomic mass is 9.49. The van der Waals surface area contributed by atoms with E-state index in [1.165, 1.54) is 6.26 Å². The summed E-state index contributed by atoms with van der Waals surface area (Å²) in [5.41, 5.74) is 1.10. The van der Waals surface area contributed by atoms with E-state index >= 15 is 0 Å². The fourth-order valence-corrected chi connectivity index (χ4v) is 3.91. The Labute approximate surface area is 123 Å². The minimum atomic E-state index is -1.27. The van der Waals surface area contributed by atoms with Crippen LogP contribution in [0.25, 0.3) is 11.0 Å². The van der Waals surface area contributed by atoms with Gasteiger partial charge in [0.2, 0.25) is 5.16 Å². The van der Waals surface area contributed by atoms with Crippen LogP contribution in [0.2, 0.25) is 0 Å². The predicted molar refractivity (Wildman–Crippen MR) is 75.7 cm³/mol. The van der Waals surface area contributed by atoms with E-state index < -0.39 is 10.8 Å². The average Bonchev–Trinajstić information content (AvgIpc) is 2.37. The highest BCUT2D eigenvalue weighted by Gasteiger charge is 2.58. The van der Waals surface area contributed by atoms with Crippen LogP contribution in [-0.2, 0) is 16.3 Å². The third kappa shape index (κ3) is 1.56. The zero-order chi connectivity index (χ0) is 14.8. The molecule has 5 rings (SSSR count). The molecule has 0 spiro atoms. The number of nitrogens with zero attached hydrogens (tertiary/aromatic N) is 4. The lowest BCUT2D eigenvalue weighted by Gasteiger charge is -2.62. The monoisotopic (exact) mass is 299 g/mol. The van der Waals surface area contributed by atoms with E-state index in [9.17, 15) is 9.47 Å². The van der Waals surface area contributed by atoms with Crippen molar-refractivity contribution in [2.75, 3.05) is 6.26 Å². The lowest BCUT2D eigenvalue weighted by Crippen LogP contribution is -2.62. The second kappa shape index (κ2) is 3.98. The first-order chi connectivity index (χ1) is 10.0. The molecule has 6 nitrogen and oxygen atoms in total. The molecule has 21 heavy (non-hydrogen) atoms. The summed E-state index contributed by atoms with van der Waals surface area (Å²) < 4.78 is 13.5. The van der Waals surface area contributed by atoms with E-state index in [1.54, 1.807) is 12.3 Å². The number of hydrogen-bond acceptors (Lipinski definition) is 5. The first-order valence-corrected chi connectivity index (χ1v) is 8.31. The first kappa shape index (κ1) is 12.7. The summed E-state index contributed by atoms with van der Waals surface area (Å²) in [6.45, 7) is 0. The fourth-order valence-electron chi connectivity index (χ4n) is 3.49. The van der Waals surface area contributed by atoms with Gasteiger partial charge >= 0.3 is 0 Å². The first-order valence-electron chi connectivity index (χ1n) is 6.75. The van der Waals surface area contributed by atoms with E-state index in [4.69, 9.17) is 5.41 Å². The Morgan fingerprint density at radius 3 is 2.76 bits per heavy atom. The number of pyridine rings is 1. The quantitative estimate of drug-likeness (QED) is 0.838. The molecule has 0 amide bonds. The minimum absolute atomic E-state index is 0.0618. The van der Waals surface area contributed by atoms with Crippen LogP contribution in [0.4, 0.5) is 0 Å². The molecule has 2 aromatic heterocycles. The van der Waals surface area contributed by atoms with Gasteiger partial charge < -0.3 is 4.57 Å². The van der Waals surface area contributed by atoms with Gasteiger partial charge in [0.15, 0.2) is 0 Å². The molecular weight excluding hydrogens is 286 g/mol. The molecule has 1 atom stereocenters. The van der Waals surface area contributed by atoms with Crippen molar-refractivity contribution in [3.05, 3.63) is 23.3 Å². The Morgan fingerprint density at radius 1 is 1.52 bits per heavy atom. The maximum absolute atomic E-state index is 11.6. The van der Waals surface area contributed by atoms with E-state index in [0.717, 1.165) is 30.6 Å². The summed E-state index contributed by atoms with van der Waals surface area (Å²) in [5.74, 6) is 0.749. The van der Waals surface area contributed by atoms with Gasteiger partial charge in [-0.2, -0.15) is 5.26 Å². The SMILES string of the molecule is CS(=O)c1ncc2cc(C#N)c(=N)n(C34CC(C3)C4)c2n1. The number of hydrogen-bond donors (Lipinski definition) is 1. The van der Waals surface area contributed by atoms with E-state index in [0.29, 0.717) is 11.2 Å². The maximum Gasteiger partial charge on any atom is 0.220 e. The van der Waals surface area contributed by atoms with Crippen molar-refractivity contribution in [2.24, 2.45) is 5.92 Å². The van der Waals surface area contributed by atoms with Crippen LogP contribution in [0, 0.1) is 22.7 Å². The molecule has 1 unspecified atom stereocenters. The summed E-state index contributed by atoms with van der Waals surface area (Å²) in [6, 6.07) is 3.72. The smallest absolute Gasteiger partial charge is 0.220 e. The highest BCUT2D eigenvalue weighted by molar-refractivity contribution is 7.84. The topological polar surface area (TPSA) is 95.4 Å². The highest BCUT2D eigenvalue weighted by Crippen LogP contribution is 2.62. The van der Waals surface area contributed by atoms with Crippen LogP contribution in [0.15, 0.2) is 17.4 Å². The Balaban J connectivity index is 2.09. The average molecular weight is 299 g/mol. The molecule has 0 radical (unpaired) electrons. The third-order valence-electron chi connectivity index (χ3n) is 4.62. The van der Waals surface area contributed by atoms with Crippen molar-refractivity contribution in [3.8, 4) is 6.07 Å². The standard InChI is InChI=1S/C14H13N5OS/c1-21(20)13-17-7-10-2-9(6-15)11(16)19(12(10)18-13)14-3-8(4-14)5-14/h2,7-8,16H,3-5H2,1H3. The summed E-state index contributed by atoms with van der Waals surface area (Å²) in [7, 11) is -1.27. The molecule has 2 bridgehead atoms. The summed E-state index contributed by atoms with van der Waals surface area (Å²) >= 11 is 0. The Bertz CT molecular complexity index is 893. The molecular formula is C14H13N5OS. The van der Waals surface area contributed by atoms with Crippen LogP contribution in [0.3, 0.4) is 0 Å². The van der Waals surface area contributed by atoms with Gasteiger partial charge in [-0.1, -0.05) is 0 Å². The van der Waals surface area contributed by atoms with E-state index in [1.807, 2.05) is 4.57 Å². The number of nitriles is 1. The lowest BCUT2D eigenvalue weighted by molar-refractivity contribution is -0.0892. The van der Waals surface area contributed by atoms with Gasteiger partial charge in [0.1, 0.15) is 17.2 Å². The second-order valence-electron chi connectivity index (χ2n) is 5.94. The number of nitrogens with one attached hydrogen (secondary N) is 1. The Kier molecular flexibility index (Phi) is 2.40. The Hall–Kier alpha value is -2.07. The molecule has 3 saturated carbocycles. The maximum atomic E-state index is 11.6. The van der Waals surface area contributed by atoms with Crippen molar-refractivity contribution in [2.45, 2.75) is 30.0 Å². The summed E-state index contributed by atoms with van der Waals surface area (Å²) in [6.07, 6.45) is 6.27. The predicted octanol–water partition coefficient (Wildman–Crippen LogP) is 1.03. The van der Waals surface area contributed by atoms with Crippen molar-refractivity contribution < 1.29 is 4.21 Å². The molecule has 3 aliphatic rings. The van der Waals surface area contributed by atoms with Crippen LogP contribution in [0.1, 0.15) is 24.8 Å².